The fourth-order valence-corrected chi connectivity index (χ4v) is 3.28. The van der Waals surface area contributed by atoms with Crippen molar-refractivity contribution in [1.82, 2.24) is 0 Å². The second kappa shape index (κ2) is 8.44. The van der Waals surface area contributed by atoms with Crippen molar-refractivity contribution in [3.8, 4) is 17.2 Å². The Balaban J connectivity index is 1.52. The van der Waals surface area contributed by atoms with E-state index in [9.17, 15) is 14.0 Å². The molecule has 0 spiro atoms. The van der Waals surface area contributed by atoms with Gasteiger partial charge in [0.25, 0.3) is 0 Å². The molecule has 31 heavy (non-hydrogen) atoms. The molecular formula is C25H19FO5. The molecule has 1 aliphatic rings. The molecule has 0 unspecified atom stereocenters. The van der Waals surface area contributed by atoms with Crippen LogP contribution >= 0.6 is 0 Å². The zero-order chi connectivity index (χ0) is 22.0. The van der Waals surface area contributed by atoms with Gasteiger partial charge >= 0.3 is 5.97 Å². The summed E-state index contributed by atoms with van der Waals surface area (Å²) in [5.41, 5.74) is 1.90. The first-order valence-electron chi connectivity index (χ1n) is 9.62. The minimum absolute atomic E-state index is 0.0184. The topological polar surface area (TPSA) is 61.8 Å². The van der Waals surface area contributed by atoms with Crippen LogP contribution in [-0.2, 0) is 11.2 Å². The van der Waals surface area contributed by atoms with Crippen molar-refractivity contribution < 1.29 is 28.2 Å². The van der Waals surface area contributed by atoms with Crippen LogP contribution in [0.15, 0.2) is 66.4 Å². The van der Waals surface area contributed by atoms with Crippen LogP contribution in [0.3, 0.4) is 0 Å². The van der Waals surface area contributed by atoms with E-state index in [1.165, 1.54) is 12.1 Å². The molecule has 4 rings (SSSR count). The van der Waals surface area contributed by atoms with Gasteiger partial charge in [-0.05, 0) is 48.9 Å². The molecule has 0 amide bonds. The number of ketones is 1. The first-order valence-corrected chi connectivity index (χ1v) is 9.62. The summed E-state index contributed by atoms with van der Waals surface area (Å²) in [6.07, 6.45) is 1.45. The lowest BCUT2D eigenvalue weighted by molar-refractivity contribution is -0.133. The molecule has 1 heterocycles. The maximum absolute atomic E-state index is 13.9. The Morgan fingerprint density at radius 2 is 1.81 bits per heavy atom. The van der Waals surface area contributed by atoms with E-state index in [4.69, 9.17) is 14.2 Å². The number of esters is 1. The molecule has 3 aromatic rings. The second-order valence-electron chi connectivity index (χ2n) is 7.03. The van der Waals surface area contributed by atoms with Crippen LogP contribution in [0.1, 0.15) is 27.0 Å². The number of fused-ring (bicyclic) bond motifs is 1. The number of benzene rings is 3. The standard InChI is InChI=1S/C25H19FO5/c1-15-21(30-23(27)13-16-7-9-18(29-2)10-8-16)12-11-19-24(28)22(31-25(15)19)14-17-5-3-4-6-20(17)26/h3-12,14H,13H2,1-2H3/b22-14-. The van der Waals surface area contributed by atoms with Crippen molar-refractivity contribution in [3.63, 3.8) is 0 Å². The maximum atomic E-state index is 13.9. The molecule has 0 saturated heterocycles. The predicted octanol–water partition coefficient (Wildman–Crippen LogP) is 4.91. The number of methoxy groups -OCH3 is 1. The molecule has 1 aliphatic heterocycles. The number of rotatable bonds is 5. The first-order chi connectivity index (χ1) is 15.0. The van der Waals surface area contributed by atoms with Crippen molar-refractivity contribution in [2.24, 2.45) is 0 Å². The van der Waals surface area contributed by atoms with Gasteiger partial charge in [0.05, 0.1) is 19.1 Å². The summed E-state index contributed by atoms with van der Waals surface area (Å²) in [7, 11) is 1.57. The minimum atomic E-state index is -0.452. The van der Waals surface area contributed by atoms with Gasteiger partial charge in [0.2, 0.25) is 5.78 Å². The molecule has 0 N–H and O–H groups in total. The van der Waals surface area contributed by atoms with E-state index in [0.29, 0.717) is 28.4 Å². The highest BCUT2D eigenvalue weighted by Gasteiger charge is 2.30. The highest BCUT2D eigenvalue weighted by molar-refractivity contribution is 6.15. The number of Topliss-reactive ketones (excluding diaryl/α,β-unsaturated/α-hetero) is 1. The summed E-state index contributed by atoms with van der Waals surface area (Å²) < 4.78 is 30.3. The highest BCUT2D eigenvalue weighted by Crippen LogP contribution is 2.39. The molecule has 0 fully saturated rings. The Morgan fingerprint density at radius 1 is 1.06 bits per heavy atom. The zero-order valence-electron chi connectivity index (χ0n) is 17.0. The molecule has 0 bridgehead atoms. The quantitative estimate of drug-likeness (QED) is 0.335. The molecule has 5 nitrogen and oxygen atoms in total. The lowest BCUT2D eigenvalue weighted by Crippen LogP contribution is -2.12. The van der Waals surface area contributed by atoms with E-state index in [2.05, 4.69) is 0 Å². The summed E-state index contributed by atoms with van der Waals surface area (Å²) in [6.45, 7) is 1.70. The summed E-state index contributed by atoms with van der Waals surface area (Å²) in [5, 5.41) is 0. The third-order valence-electron chi connectivity index (χ3n) is 4.96. The zero-order valence-corrected chi connectivity index (χ0v) is 17.0. The number of carbonyl (C=O) groups excluding carboxylic acids is 2. The largest absolute Gasteiger partial charge is 0.497 e. The molecule has 3 aromatic carbocycles. The molecule has 6 heteroatoms. The van der Waals surface area contributed by atoms with Crippen LogP contribution in [0.5, 0.6) is 17.2 Å². The second-order valence-corrected chi connectivity index (χ2v) is 7.03. The molecule has 0 atom stereocenters. The summed E-state index contributed by atoms with van der Waals surface area (Å²) >= 11 is 0. The number of ether oxygens (including phenoxy) is 3. The molecule has 0 radical (unpaired) electrons. The van der Waals surface area contributed by atoms with Crippen molar-refractivity contribution in [3.05, 3.63) is 94.5 Å². The summed E-state index contributed by atoms with van der Waals surface area (Å²) in [6, 6.07) is 16.3. The van der Waals surface area contributed by atoms with E-state index >= 15 is 0 Å². The normalized spacial score (nSPS) is 13.6. The predicted molar refractivity (Wildman–Crippen MR) is 113 cm³/mol. The van der Waals surface area contributed by atoms with Crippen LogP contribution < -0.4 is 14.2 Å². The number of halogens is 1. The van der Waals surface area contributed by atoms with Gasteiger partial charge in [-0.2, -0.15) is 0 Å². The Kier molecular flexibility index (Phi) is 5.54. The number of allylic oxidation sites excluding steroid dienone is 1. The first kappa shape index (κ1) is 20.3. The van der Waals surface area contributed by atoms with Gasteiger partial charge in [-0.1, -0.05) is 30.3 Å². The fraction of sp³-hybridized carbons (Fsp3) is 0.120. The molecule has 0 aliphatic carbocycles. The van der Waals surface area contributed by atoms with Gasteiger partial charge in [-0.3, -0.25) is 9.59 Å². The number of hydrogen-bond acceptors (Lipinski definition) is 5. The van der Waals surface area contributed by atoms with Crippen molar-refractivity contribution >= 4 is 17.8 Å². The van der Waals surface area contributed by atoms with E-state index < -0.39 is 11.8 Å². The van der Waals surface area contributed by atoms with Gasteiger partial charge in [0.1, 0.15) is 23.1 Å². The van der Waals surface area contributed by atoms with Crippen LogP contribution in [-0.4, -0.2) is 18.9 Å². The fourth-order valence-electron chi connectivity index (χ4n) is 3.28. The SMILES string of the molecule is COc1ccc(CC(=O)Oc2ccc3c(c2C)O/C(=C\c2ccccc2F)C3=O)cc1. The van der Waals surface area contributed by atoms with Crippen LogP contribution in [0, 0.1) is 12.7 Å². The third-order valence-corrected chi connectivity index (χ3v) is 4.96. The van der Waals surface area contributed by atoms with E-state index in [1.807, 2.05) is 0 Å². The Hall–Kier alpha value is -3.93. The van der Waals surface area contributed by atoms with E-state index in [0.717, 1.165) is 5.56 Å². The van der Waals surface area contributed by atoms with Gasteiger partial charge in [-0.15, -0.1) is 0 Å². The molecule has 156 valence electrons. The lowest BCUT2D eigenvalue weighted by atomic mass is 10.1. The molecule has 0 aromatic heterocycles. The van der Waals surface area contributed by atoms with E-state index in [1.54, 1.807) is 68.6 Å². The minimum Gasteiger partial charge on any atom is -0.497 e. The van der Waals surface area contributed by atoms with Gasteiger partial charge in [0.15, 0.2) is 5.76 Å². The highest BCUT2D eigenvalue weighted by atomic mass is 19.1. The maximum Gasteiger partial charge on any atom is 0.315 e. The van der Waals surface area contributed by atoms with Crippen LogP contribution in [0.4, 0.5) is 4.39 Å². The Labute approximate surface area is 178 Å². The number of hydrogen-bond donors (Lipinski definition) is 0. The van der Waals surface area contributed by atoms with Gasteiger partial charge in [0, 0.05) is 11.1 Å². The van der Waals surface area contributed by atoms with Crippen molar-refractivity contribution in [2.45, 2.75) is 13.3 Å². The van der Waals surface area contributed by atoms with Crippen LogP contribution in [0.25, 0.3) is 6.08 Å². The third kappa shape index (κ3) is 4.19. The van der Waals surface area contributed by atoms with Crippen molar-refractivity contribution in [2.75, 3.05) is 7.11 Å². The number of carbonyl (C=O) groups is 2. The Bertz CT molecular complexity index is 1200. The molecule has 0 saturated carbocycles. The average Bonchev–Trinajstić information content (AvgIpc) is 3.08. The Morgan fingerprint density at radius 3 is 2.52 bits per heavy atom. The van der Waals surface area contributed by atoms with Gasteiger partial charge in [-0.25, -0.2) is 4.39 Å². The van der Waals surface area contributed by atoms with Crippen molar-refractivity contribution in [1.29, 1.82) is 0 Å². The van der Waals surface area contributed by atoms with Crippen LogP contribution in [0.2, 0.25) is 0 Å². The smallest absolute Gasteiger partial charge is 0.315 e. The summed E-state index contributed by atoms with van der Waals surface area (Å²) in [4.78, 5) is 25.0. The van der Waals surface area contributed by atoms with E-state index in [-0.39, 0.29) is 23.5 Å². The summed E-state index contributed by atoms with van der Waals surface area (Å²) in [5.74, 6) is 0.0847. The average molecular weight is 418 g/mol. The molecular weight excluding hydrogens is 399 g/mol. The lowest BCUT2D eigenvalue weighted by Gasteiger charge is -2.10. The monoisotopic (exact) mass is 418 g/mol. The van der Waals surface area contributed by atoms with Gasteiger partial charge < -0.3 is 14.2 Å².